The van der Waals surface area contributed by atoms with Gasteiger partial charge in [-0.15, -0.1) is 0 Å². The van der Waals surface area contributed by atoms with Gasteiger partial charge in [-0.1, -0.05) is 0 Å². The first-order chi connectivity index (χ1) is 16.1. The van der Waals surface area contributed by atoms with Crippen molar-refractivity contribution in [3.8, 4) is 34.5 Å². The number of aliphatic hydroxyl groups excluding tert-OH is 1. The molecule has 172 valence electrons. The van der Waals surface area contributed by atoms with Crippen molar-refractivity contribution in [3.05, 3.63) is 39.7 Å². The van der Waals surface area contributed by atoms with Crippen molar-refractivity contribution in [3.63, 3.8) is 0 Å². The number of pyridine rings is 2. The molecule has 0 fully saturated rings. The largest absolute Gasteiger partial charge is 0.493 e. The zero-order valence-corrected chi connectivity index (χ0v) is 18.3. The Labute approximate surface area is 188 Å². The van der Waals surface area contributed by atoms with E-state index in [9.17, 15) is 9.59 Å². The van der Waals surface area contributed by atoms with Gasteiger partial charge in [-0.25, -0.2) is 4.98 Å². The molecule has 0 spiro atoms. The van der Waals surface area contributed by atoms with Crippen LogP contribution in [0.4, 0.5) is 0 Å². The SMILES string of the molecule is COc1cc2c3c(n(CCCNCCO)c(=O)c2cc1OC)-c1nc2c(cc1C3=O)OCO2. The highest BCUT2D eigenvalue weighted by Gasteiger charge is 2.37. The van der Waals surface area contributed by atoms with E-state index in [0.717, 1.165) is 0 Å². The van der Waals surface area contributed by atoms with Crippen LogP contribution in [0.5, 0.6) is 23.1 Å². The molecule has 0 amide bonds. The minimum atomic E-state index is -0.257. The number of carbonyl (C=O) groups excluding carboxylic acids is 1. The lowest BCUT2D eigenvalue weighted by Crippen LogP contribution is -2.26. The number of hydrogen-bond acceptors (Lipinski definition) is 9. The fourth-order valence-corrected chi connectivity index (χ4v) is 4.35. The lowest BCUT2D eigenvalue weighted by atomic mass is 10.0. The highest BCUT2D eigenvalue weighted by Crippen LogP contribution is 2.44. The van der Waals surface area contributed by atoms with Gasteiger partial charge in [0.05, 0.1) is 43.0 Å². The maximum atomic E-state index is 13.6. The van der Waals surface area contributed by atoms with Crippen molar-refractivity contribution in [2.45, 2.75) is 13.0 Å². The topological polar surface area (TPSA) is 121 Å². The normalized spacial score (nSPS) is 13.4. The van der Waals surface area contributed by atoms with Crippen LogP contribution in [0.3, 0.4) is 0 Å². The number of rotatable bonds is 8. The summed E-state index contributed by atoms with van der Waals surface area (Å²) in [5, 5.41) is 12.9. The maximum absolute atomic E-state index is 13.6. The molecule has 0 atom stereocenters. The molecule has 1 aliphatic heterocycles. The van der Waals surface area contributed by atoms with Crippen molar-refractivity contribution in [1.29, 1.82) is 0 Å². The van der Waals surface area contributed by atoms with Crippen LogP contribution in [0.1, 0.15) is 22.3 Å². The highest BCUT2D eigenvalue weighted by atomic mass is 16.7. The average Bonchev–Trinajstić information content (AvgIpc) is 3.40. The summed E-state index contributed by atoms with van der Waals surface area (Å²) in [4.78, 5) is 31.7. The highest BCUT2D eigenvalue weighted by molar-refractivity contribution is 6.26. The number of methoxy groups -OCH3 is 2. The third-order valence-electron chi connectivity index (χ3n) is 5.86. The number of fused-ring (bicyclic) bond motifs is 6. The Morgan fingerprint density at radius 2 is 1.85 bits per heavy atom. The monoisotopic (exact) mass is 453 g/mol. The number of carbonyl (C=O) groups is 1. The number of nitrogens with one attached hydrogen (secondary N) is 1. The minimum absolute atomic E-state index is 0.0321. The van der Waals surface area contributed by atoms with E-state index in [2.05, 4.69) is 10.3 Å². The molecule has 10 nitrogen and oxygen atoms in total. The van der Waals surface area contributed by atoms with Gasteiger partial charge in [0.15, 0.2) is 23.0 Å². The van der Waals surface area contributed by atoms with Gasteiger partial charge in [-0.05, 0) is 31.2 Å². The summed E-state index contributed by atoms with van der Waals surface area (Å²) in [6, 6.07) is 4.89. The molecule has 1 aromatic carbocycles. The Hall–Kier alpha value is -3.63. The van der Waals surface area contributed by atoms with Crippen LogP contribution in [0, 0.1) is 0 Å². The Bertz CT molecular complexity index is 1330. The molecule has 10 heteroatoms. The standard InChI is InChI=1S/C23H23N3O7/c1-30-15-8-12-13(9-16(15)31-2)23(29)26(6-3-4-24-5-7-27)20-18(12)21(28)14-10-17-22(25-19(14)20)33-11-32-17/h8-10,24,27H,3-7,11H2,1-2H3. The van der Waals surface area contributed by atoms with E-state index >= 15 is 0 Å². The van der Waals surface area contributed by atoms with Gasteiger partial charge >= 0.3 is 0 Å². The van der Waals surface area contributed by atoms with Crippen LogP contribution in [-0.4, -0.2) is 61.1 Å². The summed E-state index contributed by atoms with van der Waals surface area (Å²) in [5.41, 5.74) is 1.35. The summed E-state index contributed by atoms with van der Waals surface area (Å²) in [6.45, 7) is 1.48. The number of nitrogens with zero attached hydrogens (tertiary/aromatic N) is 2. The molecule has 0 saturated heterocycles. The average molecular weight is 453 g/mol. The first-order valence-electron chi connectivity index (χ1n) is 10.6. The van der Waals surface area contributed by atoms with Gasteiger partial charge in [-0.3, -0.25) is 9.59 Å². The van der Waals surface area contributed by atoms with Crippen molar-refractivity contribution >= 4 is 16.6 Å². The first-order valence-corrected chi connectivity index (χ1v) is 10.6. The molecular formula is C23H23N3O7. The lowest BCUT2D eigenvalue weighted by molar-refractivity contribution is 0.104. The summed E-state index contributed by atoms with van der Waals surface area (Å²) >= 11 is 0. The third kappa shape index (κ3) is 3.30. The van der Waals surface area contributed by atoms with Crippen LogP contribution in [-0.2, 0) is 6.54 Å². The van der Waals surface area contributed by atoms with Crippen molar-refractivity contribution < 1.29 is 28.8 Å². The quantitative estimate of drug-likeness (QED) is 0.381. The predicted molar refractivity (Wildman–Crippen MR) is 119 cm³/mol. The summed E-state index contributed by atoms with van der Waals surface area (Å²) in [7, 11) is 3.00. The molecule has 2 aromatic heterocycles. The number of aromatic nitrogens is 2. The number of aliphatic hydroxyl groups is 1. The molecule has 3 aromatic rings. The van der Waals surface area contributed by atoms with E-state index in [1.165, 1.54) is 14.2 Å². The van der Waals surface area contributed by atoms with Crippen LogP contribution in [0.25, 0.3) is 22.2 Å². The minimum Gasteiger partial charge on any atom is -0.493 e. The molecule has 2 N–H and O–H groups in total. The van der Waals surface area contributed by atoms with Gasteiger partial charge in [0.2, 0.25) is 6.79 Å². The molecule has 1 aliphatic carbocycles. The zero-order valence-electron chi connectivity index (χ0n) is 18.3. The second kappa shape index (κ2) is 8.38. The summed E-state index contributed by atoms with van der Waals surface area (Å²) < 4.78 is 23.2. The zero-order chi connectivity index (χ0) is 23.1. The summed E-state index contributed by atoms with van der Waals surface area (Å²) in [6.07, 6.45) is 0.610. The second-order valence-electron chi connectivity index (χ2n) is 7.68. The molecule has 0 radical (unpaired) electrons. The first kappa shape index (κ1) is 21.2. The number of ether oxygens (including phenoxy) is 4. The van der Waals surface area contributed by atoms with Crippen LogP contribution < -0.4 is 29.8 Å². The van der Waals surface area contributed by atoms with E-state index in [4.69, 9.17) is 24.1 Å². The van der Waals surface area contributed by atoms with E-state index < -0.39 is 0 Å². The maximum Gasteiger partial charge on any atom is 0.260 e. The van der Waals surface area contributed by atoms with E-state index in [1.807, 2.05) is 0 Å². The van der Waals surface area contributed by atoms with Crippen molar-refractivity contribution in [1.82, 2.24) is 14.9 Å². The van der Waals surface area contributed by atoms with Gasteiger partial charge in [0.25, 0.3) is 11.4 Å². The predicted octanol–water partition coefficient (Wildman–Crippen LogP) is 1.33. The van der Waals surface area contributed by atoms with Gasteiger partial charge in [0, 0.05) is 18.5 Å². The molecule has 3 heterocycles. The van der Waals surface area contributed by atoms with Crippen molar-refractivity contribution in [2.24, 2.45) is 0 Å². The molecule has 0 saturated carbocycles. The Morgan fingerprint density at radius 1 is 1.09 bits per heavy atom. The van der Waals surface area contributed by atoms with Crippen LogP contribution >= 0.6 is 0 Å². The Kier molecular flexibility index (Phi) is 5.39. The number of benzene rings is 1. The fraction of sp³-hybridized carbons (Fsp3) is 0.348. The van der Waals surface area contributed by atoms with Gasteiger partial charge in [-0.2, -0.15) is 0 Å². The fourth-order valence-electron chi connectivity index (χ4n) is 4.35. The van der Waals surface area contributed by atoms with E-state index in [0.29, 0.717) is 82.5 Å². The number of hydrogen-bond donors (Lipinski definition) is 2. The molecular weight excluding hydrogens is 430 g/mol. The Balaban J connectivity index is 1.75. The van der Waals surface area contributed by atoms with E-state index in [1.54, 1.807) is 22.8 Å². The second-order valence-corrected chi connectivity index (χ2v) is 7.68. The van der Waals surface area contributed by atoms with E-state index in [-0.39, 0.29) is 24.7 Å². The molecule has 33 heavy (non-hydrogen) atoms. The van der Waals surface area contributed by atoms with Crippen molar-refractivity contribution in [2.75, 3.05) is 40.7 Å². The molecule has 0 bridgehead atoms. The Morgan fingerprint density at radius 3 is 2.58 bits per heavy atom. The van der Waals surface area contributed by atoms with Crippen LogP contribution in [0.15, 0.2) is 23.0 Å². The molecule has 2 aliphatic rings. The third-order valence-corrected chi connectivity index (χ3v) is 5.86. The lowest BCUT2D eigenvalue weighted by Gasteiger charge is -2.16. The number of ketones is 1. The summed E-state index contributed by atoms with van der Waals surface area (Å²) in [5.74, 6) is 1.28. The van der Waals surface area contributed by atoms with Gasteiger partial charge in [0.1, 0.15) is 5.69 Å². The van der Waals surface area contributed by atoms with Crippen LogP contribution in [0.2, 0.25) is 0 Å². The molecule has 0 unspecified atom stereocenters. The van der Waals surface area contributed by atoms with Gasteiger partial charge < -0.3 is 33.9 Å². The molecule has 5 rings (SSSR count). The smallest absolute Gasteiger partial charge is 0.260 e.